The molecule has 0 atom stereocenters. The van der Waals surface area contributed by atoms with Gasteiger partial charge in [-0.1, -0.05) is 39.8 Å². The first-order chi connectivity index (χ1) is 61.1. The summed E-state index contributed by atoms with van der Waals surface area (Å²) in [6.45, 7) is -12.3. The van der Waals surface area contributed by atoms with Crippen LogP contribution in [0.5, 0.6) is 0 Å². The SMILES string of the molecule is CCC(C)(C)C(=O)OCCOC(=O)OCOC(=O)OCOC(=O)OCOC(=O)OCOC(=O)OCOC(=O)OCOC(=O)OCOC(=O)OCOC(=O)OCOC(=O)OCOC(=O)OCOC(=O)OCOC(=O)OCOC(=O)OCOC(=O)OCOC(=O)OCOC(=O)OCOC(=O)OCOC(=O)OCOC(=O)OCC(=O)OC.CCC(C)(C)c1ccc(S(=O)(=O)O)cc1. The number of rotatable bonds is 48. The summed E-state index contributed by atoms with van der Waals surface area (Å²) in [5, 5.41) is 0. The van der Waals surface area contributed by atoms with Crippen LogP contribution in [0.4, 0.5) is 95.9 Å². The fraction of sp³-hybridized carbons (Fsp3) is 0.541. The molecule has 726 valence electrons. The molecule has 0 aliphatic carbocycles. The minimum absolute atomic E-state index is 0.0255. The summed E-state index contributed by atoms with van der Waals surface area (Å²) in [4.78, 5) is 252. The van der Waals surface area contributed by atoms with Crippen molar-refractivity contribution in [3.05, 3.63) is 29.8 Å². The lowest BCUT2D eigenvalue weighted by molar-refractivity contribution is -0.155. The molecule has 0 heterocycles. The monoisotopic (exact) mass is 1910 g/mol. The lowest BCUT2D eigenvalue weighted by Crippen LogP contribution is -2.27. The molecular formula is C61H74O67S. The summed E-state index contributed by atoms with van der Waals surface area (Å²) in [5.74, 6) is -1.43. The minimum Gasteiger partial charge on any atom is -0.466 e. The fourth-order valence-electron chi connectivity index (χ4n) is 5.28. The van der Waals surface area contributed by atoms with Gasteiger partial charge in [-0.2, -0.15) is 8.42 Å². The summed E-state index contributed by atoms with van der Waals surface area (Å²) >= 11 is 0. The van der Waals surface area contributed by atoms with Gasteiger partial charge in [-0.25, -0.2) is 101 Å². The summed E-state index contributed by atoms with van der Waals surface area (Å²) in [5.41, 5.74) is 0.351. The van der Waals surface area contributed by atoms with Gasteiger partial charge >= 0.3 is 135 Å². The molecule has 1 aromatic rings. The molecule has 0 bridgehead atoms. The first-order valence-corrected chi connectivity index (χ1v) is 34.8. The Morgan fingerprint density at radius 3 is 0.543 bits per heavy atom. The van der Waals surface area contributed by atoms with Crippen molar-refractivity contribution >= 4 is 145 Å². The Bertz CT molecular complexity index is 3900. The third-order valence-electron chi connectivity index (χ3n) is 12.0. The highest BCUT2D eigenvalue weighted by atomic mass is 32.2. The largest absolute Gasteiger partial charge is 0.514 e. The maximum absolute atomic E-state index is 11.8. The molecule has 0 amide bonds. The van der Waals surface area contributed by atoms with Crippen LogP contribution in [0.15, 0.2) is 29.2 Å². The predicted octanol–water partition coefficient (Wildman–Crippen LogP) is 6.02. The van der Waals surface area contributed by atoms with Gasteiger partial charge in [0.15, 0.2) is 6.61 Å². The van der Waals surface area contributed by atoms with E-state index in [0.29, 0.717) is 6.42 Å². The number of hydrogen-bond donors (Lipinski definition) is 1. The quantitative estimate of drug-likeness (QED) is 0.0256. The summed E-state index contributed by atoms with van der Waals surface area (Å²) in [6, 6.07) is 6.35. The van der Waals surface area contributed by atoms with Crippen LogP contribution in [0.25, 0.3) is 0 Å². The van der Waals surface area contributed by atoms with Crippen LogP contribution in [-0.4, -0.2) is 304 Å². The number of carbonyl (C=O) groups excluding carboxylic acids is 22. The highest BCUT2D eigenvalue weighted by Gasteiger charge is 2.28. The lowest BCUT2D eigenvalue weighted by atomic mass is 9.82. The fourth-order valence-corrected chi connectivity index (χ4v) is 5.76. The molecule has 0 saturated heterocycles. The van der Waals surface area contributed by atoms with Crippen LogP contribution in [-0.2, 0) is 224 Å². The summed E-state index contributed by atoms with van der Waals surface area (Å²) in [7, 11) is -3.05. The highest BCUT2D eigenvalue weighted by Crippen LogP contribution is 2.27. The zero-order valence-electron chi connectivity index (χ0n) is 67.1. The van der Waals surface area contributed by atoms with Crippen molar-refractivity contribution < 1.29 is 317 Å². The molecule has 0 aliphatic heterocycles. The first-order valence-electron chi connectivity index (χ1n) is 33.3. The Labute approximate surface area is 716 Å². The number of benzene rings is 1. The Hall–Kier alpha value is -16.5. The van der Waals surface area contributed by atoms with E-state index in [1.165, 1.54) is 12.1 Å². The summed E-state index contributed by atoms with van der Waals surface area (Å²) in [6.07, 6.45) is -30.2. The zero-order valence-corrected chi connectivity index (χ0v) is 67.9. The number of ether oxygens (including phenoxy) is 42. The van der Waals surface area contributed by atoms with Gasteiger partial charge in [0.1, 0.15) is 13.2 Å². The molecule has 0 fully saturated rings. The minimum atomic E-state index is -4.07. The molecule has 1 aromatic carbocycles. The van der Waals surface area contributed by atoms with Gasteiger partial charge < -0.3 is 199 Å². The Morgan fingerprint density at radius 2 is 0.395 bits per heavy atom. The van der Waals surface area contributed by atoms with E-state index in [-0.39, 0.29) is 23.5 Å². The molecule has 129 heavy (non-hydrogen) atoms. The molecule has 0 spiro atoms. The van der Waals surface area contributed by atoms with Crippen molar-refractivity contribution in [1.82, 2.24) is 0 Å². The van der Waals surface area contributed by atoms with Crippen molar-refractivity contribution in [2.45, 2.75) is 64.7 Å². The van der Waals surface area contributed by atoms with E-state index in [9.17, 15) is 114 Å². The molecular weight excluding hydrogens is 1840 g/mol. The van der Waals surface area contributed by atoms with E-state index in [1.54, 1.807) is 32.9 Å². The van der Waals surface area contributed by atoms with Gasteiger partial charge in [0.05, 0.1) is 17.4 Å². The van der Waals surface area contributed by atoms with Gasteiger partial charge in [0.2, 0.25) is 129 Å². The van der Waals surface area contributed by atoms with Crippen molar-refractivity contribution in [3.63, 3.8) is 0 Å². The summed E-state index contributed by atoms with van der Waals surface area (Å²) < 4.78 is 211. The maximum atomic E-state index is 11.8. The Kier molecular flexibility index (Phi) is 57.6. The van der Waals surface area contributed by atoms with Crippen molar-refractivity contribution in [2.24, 2.45) is 5.41 Å². The molecule has 0 aromatic heterocycles. The second-order valence-corrected chi connectivity index (χ2v) is 22.5. The second-order valence-electron chi connectivity index (χ2n) is 21.0. The van der Waals surface area contributed by atoms with E-state index in [2.05, 4.69) is 215 Å². The number of esters is 2. The van der Waals surface area contributed by atoms with Gasteiger partial charge in [0, 0.05) is 0 Å². The standard InChI is InChI=1S/C50H58O64.C11H16O3S/c1-5-50(2,3)29(52)74-6-7-75-30(53)77-9-79-32(55)81-11-83-34(57)85-13-87-36(59)89-15-91-38(61)93-17-95-40(63)97-19-99-42(65)101-21-103-44(67)105-23-107-46(69)109-25-111-48(71)113-27-114-49(72)112-26-110-47(70)108-24-106-45(68)104-22-102-43(66)100-20-98-41(64)96-18-94-39(62)92-16-90-37(60)88-14-86-35(58)84-12-82-33(56)80-10-78-31(54)76-8-28(51)73-4;1-4-11(2,3)9-5-7-10(8-6-9)15(12,13)14/h5-27H2,1-4H3;5-8H,4H2,1-3H3,(H,12,13,14). The van der Waals surface area contributed by atoms with Crippen molar-refractivity contribution in [3.8, 4) is 0 Å². The van der Waals surface area contributed by atoms with Crippen LogP contribution in [0.3, 0.4) is 0 Å². The van der Waals surface area contributed by atoms with Crippen LogP contribution in [0, 0.1) is 5.41 Å². The van der Waals surface area contributed by atoms with Gasteiger partial charge in [-0.3, -0.25) is 9.35 Å². The topological polar surface area (TPSA) is 818 Å². The van der Waals surface area contributed by atoms with Gasteiger partial charge in [-0.05, 0) is 49.8 Å². The van der Waals surface area contributed by atoms with E-state index in [0.717, 1.165) is 19.1 Å². The maximum Gasteiger partial charge on any atom is 0.514 e. The average Bonchev–Trinajstić information content (AvgIpc) is 0.826. The third kappa shape index (κ3) is 63.1. The predicted molar refractivity (Wildman–Crippen MR) is 360 cm³/mol. The van der Waals surface area contributed by atoms with E-state index in [4.69, 9.17) is 9.29 Å². The molecule has 1 rings (SSSR count). The van der Waals surface area contributed by atoms with Crippen LogP contribution in [0.2, 0.25) is 0 Å². The third-order valence-corrected chi connectivity index (χ3v) is 12.9. The second kappa shape index (κ2) is 66.1. The van der Waals surface area contributed by atoms with E-state index < -0.39 is 286 Å². The highest BCUT2D eigenvalue weighted by molar-refractivity contribution is 7.85. The Morgan fingerprint density at radius 1 is 0.240 bits per heavy atom. The zero-order chi connectivity index (χ0) is 96.9. The molecule has 1 N–H and O–H groups in total. The van der Waals surface area contributed by atoms with Crippen molar-refractivity contribution in [2.75, 3.05) is 156 Å². The van der Waals surface area contributed by atoms with Crippen LogP contribution < -0.4 is 0 Å². The van der Waals surface area contributed by atoms with Crippen molar-refractivity contribution in [1.29, 1.82) is 0 Å². The van der Waals surface area contributed by atoms with E-state index >= 15 is 0 Å². The number of hydrogen-bond acceptors (Lipinski definition) is 66. The van der Waals surface area contributed by atoms with Crippen LogP contribution >= 0.6 is 0 Å². The normalized spacial score (nSPS) is 10.1. The molecule has 0 unspecified atom stereocenters. The first kappa shape index (κ1) is 112. The van der Waals surface area contributed by atoms with Gasteiger partial charge in [-0.15, -0.1) is 0 Å². The number of methoxy groups -OCH3 is 1. The molecule has 67 nitrogen and oxygen atoms in total. The smallest absolute Gasteiger partial charge is 0.466 e. The molecule has 0 aliphatic rings. The average molecular weight is 1910 g/mol. The number of carbonyl (C=O) groups is 22. The molecule has 68 heteroatoms. The molecule has 0 radical (unpaired) electrons. The van der Waals surface area contributed by atoms with Crippen LogP contribution in [0.1, 0.15) is 59.9 Å². The van der Waals surface area contributed by atoms with Gasteiger partial charge in [0.25, 0.3) is 10.1 Å². The lowest BCUT2D eigenvalue weighted by Gasteiger charge is -2.23. The van der Waals surface area contributed by atoms with E-state index in [1.807, 2.05) is 0 Å². The Balaban J connectivity index is 0.00000981. The molecule has 0 saturated carbocycles.